The first-order valence-electron chi connectivity index (χ1n) is 7.31. The Bertz CT molecular complexity index is 564. The molecule has 2 amide bonds. The molecule has 118 valence electrons. The van der Waals surface area contributed by atoms with Gasteiger partial charge in [0.05, 0.1) is 19.7 Å². The van der Waals surface area contributed by atoms with Crippen LogP contribution >= 0.6 is 0 Å². The molecule has 2 aliphatic heterocycles. The number of hydrogen-bond acceptors (Lipinski definition) is 4. The number of piperazine rings is 1. The maximum Gasteiger partial charge on any atom is 0.254 e. The smallest absolute Gasteiger partial charge is 0.254 e. The number of rotatable bonds is 2. The highest BCUT2D eigenvalue weighted by Gasteiger charge is 2.32. The zero-order valence-corrected chi connectivity index (χ0v) is 12.1. The van der Waals surface area contributed by atoms with Crippen molar-refractivity contribution in [2.75, 3.05) is 44.2 Å². The molecular formula is C15H18FN3O3. The molecule has 2 fully saturated rings. The van der Waals surface area contributed by atoms with E-state index in [0.29, 0.717) is 32.8 Å². The molecule has 1 aromatic carbocycles. The van der Waals surface area contributed by atoms with E-state index in [9.17, 15) is 14.0 Å². The van der Waals surface area contributed by atoms with E-state index in [1.54, 1.807) is 12.1 Å². The molecule has 1 atom stereocenters. The van der Waals surface area contributed by atoms with Gasteiger partial charge in [0.2, 0.25) is 5.91 Å². The van der Waals surface area contributed by atoms with Crippen LogP contribution in [0.2, 0.25) is 0 Å². The molecule has 0 aliphatic carbocycles. The van der Waals surface area contributed by atoms with Crippen LogP contribution in [0.25, 0.3) is 0 Å². The number of hydrogen-bond donors (Lipinski definition) is 1. The summed E-state index contributed by atoms with van der Waals surface area (Å²) >= 11 is 0. The monoisotopic (exact) mass is 307 g/mol. The largest absolute Gasteiger partial charge is 0.366 e. The van der Waals surface area contributed by atoms with Crippen LogP contribution in [0.15, 0.2) is 24.3 Å². The molecule has 0 spiro atoms. The lowest BCUT2D eigenvalue weighted by atomic mass is 10.2. The molecule has 3 rings (SSSR count). The molecule has 0 aromatic heterocycles. The van der Waals surface area contributed by atoms with Crippen LogP contribution in [0.3, 0.4) is 0 Å². The number of carbonyl (C=O) groups excluding carboxylic acids is 2. The van der Waals surface area contributed by atoms with Crippen molar-refractivity contribution in [1.82, 2.24) is 10.2 Å². The van der Waals surface area contributed by atoms with E-state index in [1.165, 1.54) is 17.0 Å². The van der Waals surface area contributed by atoms with Crippen molar-refractivity contribution >= 4 is 17.5 Å². The molecule has 1 N–H and O–H groups in total. The SMILES string of the molecule is O=C1CN(C(=O)[C@@H]2CN(c3ccc(F)cc3)CCO2)CCN1. The summed E-state index contributed by atoms with van der Waals surface area (Å²) in [7, 11) is 0. The van der Waals surface area contributed by atoms with E-state index >= 15 is 0 Å². The van der Waals surface area contributed by atoms with Crippen molar-refractivity contribution < 1.29 is 18.7 Å². The van der Waals surface area contributed by atoms with Crippen LogP contribution in [0.1, 0.15) is 0 Å². The predicted octanol–water partition coefficient (Wildman–Crippen LogP) is -0.0107. The zero-order valence-electron chi connectivity index (χ0n) is 12.1. The van der Waals surface area contributed by atoms with E-state index in [2.05, 4.69) is 5.32 Å². The highest BCUT2D eigenvalue weighted by atomic mass is 19.1. The quantitative estimate of drug-likeness (QED) is 0.835. The first-order chi connectivity index (χ1) is 10.6. The van der Waals surface area contributed by atoms with Crippen molar-refractivity contribution in [2.24, 2.45) is 0 Å². The summed E-state index contributed by atoms with van der Waals surface area (Å²) in [4.78, 5) is 27.4. The Labute approximate surface area is 127 Å². The van der Waals surface area contributed by atoms with Crippen LogP contribution in [-0.2, 0) is 14.3 Å². The third-order valence-electron chi connectivity index (χ3n) is 3.88. The van der Waals surface area contributed by atoms with Crippen LogP contribution in [0.4, 0.5) is 10.1 Å². The molecule has 22 heavy (non-hydrogen) atoms. The van der Waals surface area contributed by atoms with Crippen LogP contribution < -0.4 is 10.2 Å². The number of benzene rings is 1. The van der Waals surface area contributed by atoms with E-state index < -0.39 is 6.10 Å². The summed E-state index contributed by atoms with van der Waals surface area (Å²) < 4.78 is 18.6. The normalized spacial score (nSPS) is 22.4. The van der Waals surface area contributed by atoms with Gasteiger partial charge in [0.1, 0.15) is 5.82 Å². The second-order valence-electron chi connectivity index (χ2n) is 5.39. The lowest BCUT2D eigenvalue weighted by Crippen LogP contribution is -2.56. The van der Waals surface area contributed by atoms with Gasteiger partial charge in [0, 0.05) is 25.3 Å². The fourth-order valence-electron chi connectivity index (χ4n) is 2.72. The van der Waals surface area contributed by atoms with Gasteiger partial charge in [-0.2, -0.15) is 0 Å². The first-order valence-corrected chi connectivity index (χ1v) is 7.31. The van der Waals surface area contributed by atoms with Gasteiger partial charge in [0.25, 0.3) is 5.91 Å². The number of amides is 2. The van der Waals surface area contributed by atoms with Crippen LogP contribution in [0, 0.1) is 5.82 Å². The number of ether oxygens (including phenoxy) is 1. The predicted molar refractivity (Wildman–Crippen MR) is 77.9 cm³/mol. The van der Waals surface area contributed by atoms with Crippen molar-refractivity contribution in [2.45, 2.75) is 6.10 Å². The third-order valence-corrected chi connectivity index (χ3v) is 3.88. The lowest BCUT2D eigenvalue weighted by Gasteiger charge is -2.37. The summed E-state index contributed by atoms with van der Waals surface area (Å²) in [6, 6.07) is 6.18. The van der Waals surface area contributed by atoms with Crippen molar-refractivity contribution in [1.29, 1.82) is 0 Å². The first kappa shape index (κ1) is 14.8. The Morgan fingerprint density at radius 3 is 2.77 bits per heavy atom. The fourth-order valence-corrected chi connectivity index (χ4v) is 2.72. The number of halogens is 1. The maximum atomic E-state index is 13.0. The average molecular weight is 307 g/mol. The summed E-state index contributed by atoms with van der Waals surface area (Å²) in [5.74, 6) is -0.601. The maximum absolute atomic E-state index is 13.0. The average Bonchev–Trinajstić information content (AvgIpc) is 2.55. The zero-order chi connectivity index (χ0) is 15.5. The molecular weight excluding hydrogens is 289 g/mol. The molecule has 2 aliphatic rings. The Hall–Kier alpha value is -2.15. The third kappa shape index (κ3) is 3.19. The molecule has 0 radical (unpaired) electrons. The molecule has 1 aromatic rings. The highest BCUT2D eigenvalue weighted by molar-refractivity contribution is 5.88. The fraction of sp³-hybridized carbons (Fsp3) is 0.467. The topological polar surface area (TPSA) is 61.9 Å². The molecule has 2 saturated heterocycles. The van der Waals surface area contributed by atoms with Gasteiger partial charge in [-0.25, -0.2) is 4.39 Å². The van der Waals surface area contributed by atoms with Crippen molar-refractivity contribution in [3.8, 4) is 0 Å². The Kier molecular flexibility index (Phi) is 4.24. The van der Waals surface area contributed by atoms with Crippen LogP contribution in [-0.4, -0.2) is 62.1 Å². The second-order valence-corrected chi connectivity index (χ2v) is 5.39. The van der Waals surface area contributed by atoms with E-state index in [4.69, 9.17) is 4.74 Å². The molecule has 6 nitrogen and oxygen atoms in total. The molecule has 0 saturated carbocycles. The minimum Gasteiger partial charge on any atom is -0.366 e. The van der Waals surface area contributed by atoms with Crippen molar-refractivity contribution in [3.63, 3.8) is 0 Å². The van der Waals surface area contributed by atoms with E-state index in [-0.39, 0.29) is 24.2 Å². The molecule has 0 bridgehead atoms. The summed E-state index contributed by atoms with van der Waals surface area (Å²) in [5.41, 5.74) is 0.860. The Morgan fingerprint density at radius 1 is 1.27 bits per heavy atom. The van der Waals surface area contributed by atoms with E-state index in [0.717, 1.165) is 5.69 Å². The number of nitrogens with one attached hydrogen (secondary N) is 1. The molecule has 2 heterocycles. The summed E-state index contributed by atoms with van der Waals surface area (Å²) in [5, 5.41) is 2.69. The summed E-state index contributed by atoms with van der Waals surface area (Å²) in [6.45, 7) is 2.53. The lowest BCUT2D eigenvalue weighted by molar-refractivity contribution is -0.148. The van der Waals surface area contributed by atoms with Gasteiger partial charge in [0.15, 0.2) is 6.10 Å². The Morgan fingerprint density at radius 2 is 2.05 bits per heavy atom. The second kappa shape index (κ2) is 6.31. The number of nitrogens with zero attached hydrogens (tertiary/aromatic N) is 2. The number of carbonyl (C=O) groups is 2. The minimum atomic E-state index is -0.593. The van der Waals surface area contributed by atoms with Crippen LogP contribution in [0.5, 0.6) is 0 Å². The number of anilines is 1. The minimum absolute atomic E-state index is 0.0786. The molecule has 7 heteroatoms. The van der Waals surface area contributed by atoms with Gasteiger partial charge in [-0.3, -0.25) is 9.59 Å². The van der Waals surface area contributed by atoms with Gasteiger partial charge in [-0.15, -0.1) is 0 Å². The van der Waals surface area contributed by atoms with E-state index in [1.807, 2.05) is 4.90 Å². The van der Waals surface area contributed by atoms with Gasteiger partial charge in [-0.05, 0) is 24.3 Å². The Balaban J connectivity index is 1.66. The number of morpholine rings is 1. The van der Waals surface area contributed by atoms with Crippen molar-refractivity contribution in [3.05, 3.63) is 30.1 Å². The van der Waals surface area contributed by atoms with Gasteiger partial charge >= 0.3 is 0 Å². The van der Waals surface area contributed by atoms with Gasteiger partial charge in [-0.1, -0.05) is 0 Å². The van der Waals surface area contributed by atoms with Gasteiger partial charge < -0.3 is 19.9 Å². The highest BCUT2D eigenvalue weighted by Crippen LogP contribution is 2.19. The molecule has 0 unspecified atom stereocenters. The standard InChI is InChI=1S/C15H18FN3O3/c16-11-1-3-12(4-2-11)18-7-8-22-13(9-18)15(21)19-6-5-17-14(20)10-19/h1-4,13H,5-10H2,(H,17,20)/t13-/m0/s1. The summed E-state index contributed by atoms with van der Waals surface area (Å²) in [6.07, 6.45) is -0.593.